The number of hydrogen-bond donors (Lipinski definition) is 0. The van der Waals surface area contributed by atoms with Gasteiger partial charge in [-0.2, -0.15) is 5.26 Å². The largest absolute Gasteiger partial charge is 0.468 e. The Morgan fingerprint density at radius 2 is 2.33 bits per heavy atom. The van der Waals surface area contributed by atoms with Crippen LogP contribution in [-0.2, 0) is 5.75 Å². The summed E-state index contributed by atoms with van der Waals surface area (Å²) in [6, 6.07) is 9.54. The topological polar surface area (TPSA) is 49.8 Å². The number of furan rings is 1. The minimum Gasteiger partial charge on any atom is -0.468 e. The molecule has 15 heavy (non-hydrogen) atoms. The van der Waals surface area contributed by atoms with E-state index in [-0.39, 0.29) is 0 Å². The van der Waals surface area contributed by atoms with Gasteiger partial charge in [-0.1, -0.05) is 0 Å². The first kappa shape index (κ1) is 9.81. The van der Waals surface area contributed by atoms with E-state index in [1.54, 1.807) is 24.2 Å². The molecule has 0 fully saturated rings. The first-order valence-corrected chi connectivity index (χ1v) is 5.39. The van der Waals surface area contributed by atoms with Gasteiger partial charge in [-0.3, -0.25) is 0 Å². The molecule has 0 atom stereocenters. The van der Waals surface area contributed by atoms with E-state index in [9.17, 15) is 0 Å². The Morgan fingerprint density at radius 1 is 1.40 bits per heavy atom. The van der Waals surface area contributed by atoms with Crippen LogP contribution >= 0.6 is 11.8 Å². The zero-order chi connectivity index (χ0) is 10.5. The van der Waals surface area contributed by atoms with Crippen molar-refractivity contribution in [3.63, 3.8) is 0 Å². The van der Waals surface area contributed by atoms with Crippen LogP contribution in [0.25, 0.3) is 0 Å². The summed E-state index contributed by atoms with van der Waals surface area (Å²) in [5.74, 6) is 1.61. The van der Waals surface area contributed by atoms with E-state index in [1.807, 2.05) is 24.3 Å². The third-order valence-electron chi connectivity index (χ3n) is 1.83. The average molecular weight is 216 g/mol. The highest BCUT2D eigenvalue weighted by molar-refractivity contribution is 7.98. The van der Waals surface area contributed by atoms with E-state index in [1.165, 1.54) is 0 Å². The summed E-state index contributed by atoms with van der Waals surface area (Å²) in [6.07, 6.45) is 3.26. The van der Waals surface area contributed by atoms with Gasteiger partial charge in [0, 0.05) is 11.1 Å². The Hall–Kier alpha value is -1.73. The second-order valence-electron chi connectivity index (χ2n) is 2.83. The standard InChI is InChI=1S/C11H8N2OS/c12-7-10-11(4-1-5-13-10)15-8-9-3-2-6-14-9/h1-6H,8H2. The summed E-state index contributed by atoms with van der Waals surface area (Å²) in [6.45, 7) is 0. The highest BCUT2D eigenvalue weighted by Gasteiger charge is 2.04. The smallest absolute Gasteiger partial charge is 0.153 e. The van der Waals surface area contributed by atoms with Gasteiger partial charge in [-0.05, 0) is 24.3 Å². The van der Waals surface area contributed by atoms with Crippen LogP contribution < -0.4 is 0 Å². The molecular weight excluding hydrogens is 208 g/mol. The fourth-order valence-corrected chi connectivity index (χ4v) is 2.01. The SMILES string of the molecule is N#Cc1ncccc1SCc1ccco1. The van der Waals surface area contributed by atoms with Gasteiger partial charge in [0.25, 0.3) is 0 Å². The van der Waals surface area contributed by atoms with Crippen molar-refractivity contribution in [2.75, 3.05) is 0 Å². The van der Waals surface area contributed by atoms with E-state index in [4.69, 9.17) is 9.68 Å². The summed E-state index contributed by atoms with van der Waals surface area (Å²) >= 11 is 1.55. The van der Waals surface area contributed by atoms with Crippen LogP contribution in [0.4, 0.5) is 0 Å². The Bertz CT molecular complexity index is 474. The van der Waals surface area contributed by atoms with Gasteiger partial charge in [0.15, 0.2) is 5.69 Å². The van der Waals surface area contributed by atoms with E-state index in [2.05, 4.69) is 11.1 Å². The molecule has 0 aliphatic carbocycles. The van der Waals surface area contributed by atoms with Crippen LogP contribution in [-0.4, -0.2) is 4.98 Å². The summed E-state index contributed by atoms with van der Waals surface area (Å²) in [5.41, 5.74) is 0.467. The normalized spacial score (nSPS) is 9.80. The summed E-state index contributed by atoms with van der Waals surface area (Å²) in [5, 5.41) is 8.83. The molecule has 0 aromatic carbocycles. The van der Waals surface area contributed by atoms with E-state index < -0.39 is 0 Å². The lowest BCUT2D eigenvalue weighted by Gasteiger charge is -2.00. The van der Waals surface area contributed by atoms with Gasteiger partial charge < -0.3 is 4.42 Å². The second kappa shape index (κ2) is 4.67. The maximum atomic E-state index is 8.83. The number of rotatable bonds is 3. The Balaban J connectivity index is 2.08. The molecule has 2 heterocycles. The highest BCUT2D eigenvalue weighted by Crippen LogP contribution is 2.24. The molecule has 2 aromatic rings. The molecule has 4 heteroatoms. The first-order valence-electron chi connectivity index (χ1n) is 4.40. The number of aromatic nitrogens is 1. The molecule has 2 aromatic heterocycles. The van der Waals surface area contributed by atoms with E-state index in [0.29, 0.717) is 11.4 Å². The molecule has 0 bridgehead atoms. The predicted octanol–water partition coefficient (Wildman–Crippen LogP) is 2.84. The monoisotopic (exact) mass is 216 g/mol. The Labute approximate surface area is 91.7 Å². The molecule has 0 saturated carbocycles. The quantitative estimate of drug-likeness (QED) is 0.740. The van der Waals surface area contributed by atoms with Crippen molar-refractivity contribution in [1.29, 1.82) is 5.26 Å². The third-order valence-corrected chi connectivity index (χ3v) is 2.90. The minimum absolute atomic E-state index is 0.467. The van der Waals surface area contributed by atoms with Gasteiger partial charge in [0.2, 0.25) is 0 Å². The van der Waals surface area contributed by atoms with Crippen molar-refractivity contribution < 1.29 is 4.42 Å². The number of pyridine rings is 1. The van der Waals surface area contributed by atoms with E-state index >= 15 is 0 Å². The zero-order valence-corrected chi connectivity index (χ0v) is 8.70. The molecular formula is C11H8N2OS. The van der Waals surface area contributed by atoms with Crippen LogP contribution in [0.1, 0.15) is 11.5 Å². The van der Waals surface area contributed by atoms with Gasteiger partial charge in [-0.25, -0.2) is 4.98 Å². The molecule has 2 rings (SSSR count). The second-order valence-corrected chi connectivity index (χ2v) is 3.85. The van der Waals surface area contributed by atoms with Gasteiger partial charge in [0.05, 0.1) is 12.0 Å². The van der Waals surface area contributed by atoms with Gasteiger partial charge >= 0.3 is 0 Å². The number of nitriles is 1. The minimum atomic E-state index is 0.467. The lowest BCUT2D eigenvalue weighted by molar-refractivity contribution is 0.530. The molecule has 74 valence electrons. The first-order chi connectivity index (χ1) is 7.40. The summed E-state index contributed by atoms with van der Waals surface area (Å²) < 4.78 is 5.20. The van der Waals surface area contributed by atoms with E-state index in [0.717, 1.165) is 10.7 Å². The van der Waals surface area contributed by atoms with Gasteiger partial charge in [-0.15, -0.1) is 11.8 Å². The van der Waals surface area contributed by atoms with Crippen molar-refractivity contribution in [3.8, 4) is 6.07 Å². The lowest BCUT2D eigenvalue weighted by Crippen LogP contribution is -1.85. The maximum absolute atomic E-state index is 8.83. The molecule has 0 unspecified atom stereocenters. The van der Waals surface area contributed by atoms with Crippen molar-refractivity contribution in [2.45, 2.75) is 10.6 Å². The molecule has 0 aliphatic heterocycles. The van der Waals surface area contributed by atoms with Crippen molar-refractivity contribution in [2.24, 2.45) is 0 Å². The van der Waals surface area contributed by atoms with Crippen LogP contribution in [0.2, 0.25) is 0 Å². The summed E-state index contributed by atoms with van der Waals surface area (Å²) in [4.78, 5) is 4.87. The average Bonchev–Trinajstić information content (AvgIpc) is 2.79. The van der Waals surface area contributed by atoms with Crippen molar-refractivity contribution >= 4 is 11.8 Å². The number of thioether (sulfide) groups is 1. The molecule has 0 aliphatic rings. The number of nitrogens with zero attached hydrogens (tertiary/aromatic N) is 2. The maximum Gasteiger partial charge on any atom is 0.153 e. The molecule has 0 N–H and O–H groups in total. The third kappa shape index (κ3) is 2.39. The Kier molecular flexibility index (Phi) is 3.05. The Morgan fingerprint density at radius 3 is 3.07 bits per heavy atom. The lowest BCUT2D eigenvalue weighted by atomic mass is 10.4. The van der Waals surface area contributed by atoms with Crippen LogP contribution in [0, 0.1) is 11.3 Å². The predicted molar refractivity (Wildman–Crippen MR) is 57.2 cm³/mol. The fourth-order valence-electron chi connectivity index (χ4n) is 1.13. The van der Waals surface area contributed by atoms with Crippen LogP contribution in [0.15, 0.2) is 46.0 Å². The molecule has 0 spiro atoms. The zero-order valence-electron chi connectivity index (χ0n) is 7.88. The molecule has 0 saturated heterocycles. The van der Waals surface area contributed by atoms with Crippen LogP contribution in [0.3, 0.4) is 0 Å². The summed E-state index contributed by atoms with van der Waals surface area (Å²) in [7, 11) is 0. The molecule has 0 amide bonds. The van der Waals surface area contributed by atoms with Crippen molar-refractivity contribution in [1.82, 2.24) is 4.98 Å². The van der Waals surface area contributed by atoms with Crippen molar-refractivity contribution in [3.05, 3.63) is 48.2 Å². The molecule has 0 radical (unpaired) electrons. The number of hydrogen-bond acceptors (Lipinski definition) is 4. The molecule has 3 nitrogen and oxygen atoms in total. The highest BCUT2D eigenvalue weighted by atomic mass is 32.2. The van der Waals surface area contributed by atoms with Crippen LogP contribution in [0.5, 0.6) is 0 Å². The van der Waals surface area contributed by atoms with Gasteiger partial charge in [0.1, 0.15) is 11.8 Å². The fraction of sp³-hybridized carbons (Fsp3) is 0.0909.